The minimum absolute atomic E-state index is 0.0726. The van der Waals surface area contributed by atoms with Crippen molar-refractivity contribution >= 4 is 23.0 Å². The molecule has 3 aromatic rings. The zero-order valence-corrected chi connectivity index (χ0v) is 19.2. The normalized spacial score (nSPS) is 13.9. The van der Waals surface area contributed by atoms with Crippen molar-refractivity contribution in [1.82, 2.24) is 0 Å². The molecular weight excluding hydrogens is 465 g/mol. The molecule has 1 aliphatic heterocycles. The highest BCUT2D eigenvalue weighted by atomic mass is 19.2. The second-order valence-corrected chi connectivity index (χ2v) is 8.67. The summed E-state index contributed by atoms with van der Waals surface area (Å²) in [6.07, 6.45) is 0. The van der Waals surface area contributed by atoms with Crippen LogP contribution >= 0.6 is 0 Å². The fourth-order valence-corrected chi connectivity index (χ4v) is 4.04. The summed E-state index contributed by atoms with van der Waals surface area (Å²) >= 11 is 0. The van der Waals surface area contributed by atoms with Crippen LogP contribution in [0.2, 0.25) is 0 Å². The maximum atomic E-state index is 14.1. The van der Waals surface area contributed by atoms with Gasteiger partial charge in [0.25, 0.3) is 5.91 Å². The highest BCUT2D eigenvalue weighted by Gasteiger charge is 2.30. The van der Waals surface area contributed by atoms with Gasteiger partial charge in [-0.2, -0.15) is 0 Å². The lowest BCUT2D eigenvalue weighted by molar-refractivity contribution is 0.102. The quantitative estimate of drug-likeness (QED) is 0.268. The number of amides is 1. The molecule has 4 nitrogen and oxygen atoms in total. The Kier molecular flexibility index (Phi) is 6.95. The molecule has 3 aromatic carbocycles. The van der Waals surface area contributed by atoms with Crippen molar-refractivity contribution in [2.75, 3.05) is 41.3 Å². The molecule has 184 valence electrons. The topological polar surface area (TPSA) is 35.6 Å². The summed E-state index contributed by atoms with van der Waals surface area (Å²) in [5.74, 6) is -9.57. The van der Waals surface area contributed by atoms with E-state index >= 15 is 0 Å². The van der Waals surface area contributed by atoms with E-state index in [4.69, 9.17) is 0 Å². The van der Waals surface area contributed by atoms with Crippen LogP contribution < -0.4 is 15.1 Å². The summed E-state index contributed by atoms with van der Waals surface area (Å²) < 4.78 is 68.7. The lowest BCUT2D eigenvalue weighted by atomic mass is 10.0. The Bertz CT molecular complexity index is 1190. The van der Waals surface area contributed by atoms with E-state index in [1.807, 2.05) is 17.0 Å². The fourth-order valence-electron chi connectivity index (χ4n) is 4.04. The largest absolute Gasteiger partial charge is 0.368 e. The van der Waals surface area contributed by atoms with Gasteiger partial charge in [-0.3, -0.25) is 4.79 Å². The molecule has 1 N–H and O–H groups in total. The van der Waals surface area contributed by atoms with Crippen molar-refractivity contribution in [3.05, 3.63) is 88.7 Å². The first-order valence-corrected chi connectivity index (χ1v) is 11.2. The number of rotatable bonds is 5. The average Bonchev–Trinajstić information content (AvgIpc) is 2.87. The molecule has 35 heavy (non-hydrogen) atoms. The SMILES string of the molecule is CC(C)c1ccc(C(=O)Nc2ccc(N3CCN(c4c(F)c(F)c(F)c(F)c4F)CC3)cc2)cc1. The molecule has 0 saturated carbocycles. The average molecular weight is 489 g/mol. The Morgan fingerprint density at radius 1 is 0.714 bits per heavy atom. The molecule has 0 atom stereocenters. The Morgan fingerprint density at radius 3 is 1.71 bits per heavy atom. The van der Waals surface area contributed by atoms with E-state index in [1.165, 1.54) is 0 Å². The van der Waals surface area contributed by atoms with Crippen molar-refractivity contribution in [2.45, 2.75) is 19.8 Å². The fraction of sp³-hybridized carbons (Fsp3) is 0.269. The van der Waals surface area contributed by atoms with Crippen LogP contribution in [0.1, 0.15) is 35.7 Å². The van der Waals surface area contributed by atoms with Gasteiger partial charge in [0.1, 0.15) is 5.69 Å². The number of nitrogens with one attached hydrogen (secondary N) is 1. The number of carbonyl (C=O) groups is 1. The van der Waals surface area contributed by atoms with Crippen LogP contribution in [0.5, 0.6) is 0 Å². The molecule has 0 aromatic heterocycles. The highest BCUT2D eigenvalue weighted by molar-refractivity contribution is 6.04. The van der Waals surface area contributed by atoms with Gasteiger partial charge in [0.05, 0.1) is 0 Å². The van der Waals surface area contributed by atoms with Crippen LogP contribution in [0.4, 0.5) is 39.0 Å². The summed E-state index contributed by atoms with van der Waals surface area (Å²) in [5.41, 5.74) is 2.20. The number of hydrogen-bond donors (Lipinski definition) is 1. The third kappa shape index (κ3) is 4.94. The van der Waals surface area contributed by atoms with E-state index in [1.54, 1.807) is 36.4 Å². The van der Waals surface area contributed by atoms with Crippen LogP contribution in [0.15, 0.2) is 48.5 Å². The van der Waals surface area contributed by atoms with Gasteiger partial charge in [-0.1, -0.05) is 26.0 Å². The van der Waals surface area contributed by atoms with Crippen LogP contribution in [0, 0.1) is 29.1 Å². The maximum Gasteiger partial charge on any atom is 0.255 e. The first-order chi connectivity index (χ1) is 16.7. The predicted octanol–water partition coefficient (Wildman–Crippen LogP) is 6.08. The van der Waals surface area contributed by atoms with Gasteiger partial charge in [0, 0.05) is 43.1 Å². The number of hydrogen-bond acceptors (Lipinski definition) is 3. The standard InChI is InChI=1S/C26H24F5N3O/c1-15(2)16-3-5-17(6-4-16)26(35)32-18-7-9-19(10-8-18)33-11-13-34(14-12-33)25-23(30)21(28)20(27)22(29)24(25)31/h3-10,15H,11-14H2,1-2H3,(H,32,35). The number of anilines is 3. The molecular formula is C26H24F5N3O. The van der Waals surface area contributed by atoms with Gasteiger partial charge in [0.2, 0.25) is 5.82 Å². The first-order valence-electron chi connectivity index (χ1n) is 11.2. The zero-order chi connectivity index (χ0) is 25.3. The van der Waals surface area contributed by atoms with Gasteiger partial charge in [-0.25, -0.2) is 22.0 Å². The molecule has 1 heterocycles. The van der Waals surface area contributed by atoms with Crippen molar-refractivity contribution in [3.8, 4) is 0 Å². The molecule has 1 amide bonds. The first kappa shape index (κ1) is 24.5. The molecule has 0 aliphatic carbocycles. The molecule has 0 bridgehead atoms. The van der Waals surface area contributed by atoms with Crippen molar-refractivity contribution in [2.24, 2.45) is 0 Å². The van der Waals surface area contributed by atoms with Crippen LogP contribution in [0.3, 0.4) is 0 Å². The number of halogens is 5. The highest BCUT2D eigenvalue weighted by Crippen LogP contribution is 2.31. The predicted molar refractivity (Wildman–Crippen MR) is 126 cm³/mol. The van der Waals surface area contributed by atoms with E-state index in [0.29, 0.717) is 30.3 Å². The number of benzene rings is 3. The third-order valence-electron chi connectivity index (χ3n) is 6.11. The van der Waals surface area contributed by atoms with Crippen molar-refractivity contribution in [3.63, 3.8) is 0 Å². The van der Waals surface area contributed by atoms with Gasteiger partial charge < -0.3 is 15.1 Å². The lowest BCUT2D eigenvalue weighted by Gasteiger charge is -2.37. The minimum Gasteiger partial charge on any atom is -0.368 e. The Hall–Kier alpha value is -3.62. The molecule has 0 unspecified atom stereocenters. The molecule has 9 heteroatoms. The smallest absolute Gasteiger partial charge is 0.255 e. The Labute approximate surface area is 200 Å². The third-order valence-corrected chi connectivity index (χ3v) is 6.11. The Balaban J connectivity index is 1.39. The van der Waals surface area contributed by atoms with Crippen LogP contribution in [-0.2, 0) is 0 Å². The molecule has 1 fully saturated rings. The molecule has 1 aliphatic rings. The van der Waals surface area contributed by atoms with E-state index in [-0.39, 0.29) is 19.0 Å². The van der Waals surface area contributed by atoms with Crippen molar-refractivity contribution < 1.29 is 26.7 Å². The summed E-state index contributed by atoms with van der Waals surface area (Å²) in [6.45, 7) is 4.93. The summed E-state index contributed by atoms with van der Waals surface area (Å²) in [6, 6.07) is 14.5. The molecule has 0 spiro atoms. The zero-order valence-electron chi connectivity index (χ0n) is 19.2. The molecule has 1 saturated heterocycles. The van der Waals surface area contributed by atoms with Gasteiger partial charge in [-0.05, 0) is 47.9 Å². The van der Waals surface area contributed by atoms with E-state index in [9.17, 15) is 26.7 Å². The Morgan fingerprint density at radius 2 is 1.20 bits per heavy atom. The molecule has 0 radical (unpaired) electrons. The van der Waals surface area contributed by atoms with E-state index in [2.05, 4.69) is 19.2 Å². The number of nitrogens with zero attached hydrogens (tertiary/aromatic N) is 2. The van der Waals surface area contributed by atoms with Crippen molar-refractivity contribution in [1.29, 1.82) is 0 Å². The summed E-state index contributed by atoms with van der Waals surface area (Å²) in [5, 5.41) is 2.84. The minimum atomic E-state index is -2.16. The van der Waals surface area contributed by atoms with Gasteiger partial charge in [-0.15, -0.1) is 0 Å². The lowest BCUT2D eigenvalue weighted by Crippen LogP contribution is -2.47. The van der Waals surface area contributed by atoms with Gasteiger partial charge >= 0.3 is 0 Å². The number of carbonyl (C=O) groups excluding carboxylic acids is 1. The monoisotopic (exact) mass is 489 g/mol. The second kappa shape index (κ2) is 9.93. The van der Waals surface area contributed by atoms with E-state index < -0.39 is 34.8 Å². The van der Waals surface area contributed by atoms with Crippen LogP contribution in [0.25, 0.3) is 0 Å². The van der Waals surface area contributed by atoms with Gasteiger partial charge in [0.15, 0.2) is 23.3 Å². The maximum absolute atomic E-state index is 14.1. The summed E-state index contributed by atoms with van der Waals surface area (Å²) in [4.78, 5) is 15.6. The van der Waals surface area contributed by atoms with Crippen LogP contribution in [-0.4, -0.2) is 32.1 Å². The molecule has 4 rings (SSSR count). The van der Waals surface area contributed by atoms with E-state index in [0.717, 1.165) is 16.2 Å². The number of piperazine rings is 1. The second-order valence-electron chi connectivity index (χ2n) is 8.67. The summed E-state index contributed by atoms with van der Waals surface area (Å²) in [7, 11) is 0.